The standard InChI is InChI=1S/C18H19NO5/c1-13(11-23-16-10-6-5-9-15(16)17(20)21)19-18(22)24-12-14-7-3-2-4-8-14/h2-10,13H,11-12H2,1H3,(H,19,22)(H,20,21). The number of carboxylic acids is 1. The number of carboxylic acid groups (broad SMARTS) is 1. The van der Waals surface area contributed by atoms with Gasteiger partial charge in [0.25, 0.3) is 0 Å². The van der Waals surface area contributed by atoms with Gasteiger partial charge in [0.15, 0.2) is 0 Å². The molecule has 126 valence electrons. The Morgan fingerprint density at radius 3 is 2.46 bits per heavy atom. The van der Waals surface area contributed by atoms with Crippen molar-refractivity contribution in [3.63, 3.8) is 0 Å². The number of hydrogen-bond acceptors (Lipinski definition) is 4. The zero-order chi connectivity index (χ0) is 17.4. The van der Waals surface area contributed by atoms with Crippen molar-refractivity contribution in [3.05, 3.63) is 65.7 Å². The Hall–Kier alpha value is -3.02. The number of carbonyl (C=O) groups excluding carboxylic acids is 1. The minimum atomic E-state index is -1.06. The first kappa shape index (κ1) is 17.3. The molecule has 2 rings (SSSR count). The van der Waals surface area contributed by atoms with Crippen LogP contribution in [0.25, 0.3) is 0 Å². The number of nitrogens with one attached hydrogen (secondary N) is 1. The van der Waals surface area contributed by atoms with Crippen LogP contribution in [0.4, 0.5) is 4.79 Å². The van der Waals surface area contributed by atoms with E-state index in [2.05, 4.69) is 5.32 Å². The molecular formula is C18H19NO5. The normalized spacial score (nSPS) is 11.4. The van der Waals surface area contributed by atoms with Crippen molar-refractivity contribution in [2.75, 3.05) is 6.61 Å². The van der Waals surface area contributed by atoms with E-state index < -0.39 is 12.1 Å². The van der Waals surface area contributed by atoms with Crippen molar-refractivity contribution >= 4 is 12.1 Å². The molecule has 0 aliphatic rings. The van der Waals surface area contributed by atoms with E-state index in [9.17, 15) is 9.59 Å². The van der Waals surface area contributed by atoms with Crippen LogP contribution >= 0.6 is 0 Å². The molecule has 0 radical (unpaired) electrons. The van der Waals surface area contributed by atoms with Gasteiger partial charge in [-0.3, -0.25) is 0 Å². The monoisotopic (exact) mass is 329 g/mol. The van der Waals surface area contributed by atoms with E-state index in [0.717, 1.165) is 5.56 Å². The van der Waals surface area contributed by atoms with Gasteiger partial charge in [-0.2, -0.15) is 0 Å². The molecule has 0 saturated carbocycles. The summed E-state index contributed by atoms with van der Waals surface area (Å²) in [6.45, 7) is 2.06. The number of amides is 1. The molecule has 1 amide bonds. The second-order valence-corrected chi connectivity index (χ2v) is 5.22. The fraction of sp³-hybridized carbons (Fsp3) is 0.222. The second kappa shape index (κ2) is 8.57. The van der Waals surface area contributed by atoms with Crippen LogP contribution in [0.15, 0.2) is 54.6 Å². The number of benzene rings is 2. The van der Waals surface area contributed by atoms with E-state index in [1.165, 1.54) is 6.07 Å². The molecule has 0 fully saturated rings. The number of para-hydroxylation sites is 1. The van der Waals surface area contributed by atoms with E-state index in [1.54, 1.807) is 25.1 Å². The maximum Gasteiger partial charge on any atom is 0.407 e. The van der Waals surface area contributed by atoms with E-state index in [4.69, 9.17) is 14.6 Å². The summed E-state index contributed by atoms with van der Waals surface area (Å²) in [5, 5.41) is 11.7. The van der Waals surface area contributed by atoms with E-state index in [0.29, 0.717) is 0 Å². The highest BCUT2D eigenvalue weighted by molar-refractivity contribution is 5.90. The first-order valence-electron chi connectivity index (χ1n) is 7.48. The summed E-state index contributed by atoms with van der Waals surface area (Å²) < 4.78 is 10.6. The molecule has 2 aromatic carbocycles. The van der Waals surface area contributed by atoms with Crippen LogP contribution in [-0.4, -0.2) is 29.8 Å². The largest absolute Gasteiger partial charge is 0.491 e. The zero-order valence-corrected chi connectivity index (χ0v) is 13.3. The Balaban J connectivity index is 1.78. The topological polar surface area (TPSA) is 84.9 Å². The van der Waals surface area contributed by atoms with Crippen molar-refractivity contribution in [1.29, 1.82) is 0 Å². The van der Waals surface area contributed by atoms with Crippen molar-refractivity contribution in [2.24, 2.45) is 0 Å². The highest BCUT2D eigenvalue weighted by Gasteiger charge is 2.13. The van der Waals surface area contributed by atoms with E-state index >= 15 is 0 Å². The summed E-state index contributed by atoms with van der Waals surface area (Å²) in [6, 6.07) is 15.4. The minimum Gasteiger partial charge on any atom is -0.491 e. The first-order valence-corrected chi connectivity index (χ1v) is 7.48. The maximum absolute atomic E-state index is 11.7. The molecule has 0 bridgehead atoms. The number of rotatable bonds is 7. The Morgan fingerprint density at radius 1 is 1.08 bits per heavy atom. The van der Waals surface area contributed by atoms with Crippen LogP contribution in [0, 0.1) is 0 Å². The van der Waals surface area contributed by atoms with E-state index in [1.807, 2.05) is 30.3 Å². The summed E-state index contributed by atoms with van der Waals surface area (Å²) in [4.78, 5) is 22.8. The van der Waals surface area contributed by atoms with Gasteiger partial charge in [-0.1, -0.05) is 42.5 Å². The lowest BCUT2D eigenvalue weighted by Gasteiger charge is -2.16. The highest BCUT2D eigenvalue weighted by Crippen LogP contribution is 2.17. The third-order valence-corrected chi connectivity index (χ3v) is 3.18. The second-order valence-electron chi connectivity index (χ2n) is 5.22. The fourth-order valence-electron chi connectivity index (χ4n) is 1.99. The van der Waals surface area contributed by atoms with Gasteiger partial charge in [-0.25, -0.2) is 9.59 Å². The zero-order valence-electron chi connectivity index (χ0n) is 13.3. The summed E-state index contributed by atoms with van der Waals surface area (Å²) >= 11 is 0. The van der Waals surface area contributed by atoms with Crippen molar-refractivity contribution in [3.8, 4) is 5.75 Å². The minimum absolute atomic E-state index is 0.0800. The van der Waals surface area contributed by atoms with Crippen LogP contribution in [-0.2, 0) is 11.3 Å². The third kappa shape index (κ3) is 5.31. The van der Waals surface area contributed by atoms with Crippen LogP contribution in [0.3, 0.4) is 0 Å². The molecule has 0 aliphatic carbocycles. The van der Waals surface area contributed by atoms with Crippen LogP contribution in [0.5, 0.6) is 5.75 Å². The number of hydrogen-bond donors (Lipinski definition) is 2. The maximum atomic E-state index is 11.7. The van der Waals surface area contributed by atoms with E-state index in [-0.39, 0.29) is 30.6 Å². The Labute approximate surface area is 140 Å². The lowest BCUT2D eigenvalue weighted by Crippen LogP contribution is -2.37. The molecule has 0 aliphatic heterocycles. The molecule has 1 atom stereocenters. The van der Waals surface area contributed by atoms with Gasteiger partial charge in [0.1, 0.15) is 24.5 Å². The Bertz CT molecular complexity index is 687. The van der Waals surface area contributed by atoms with Crippen molar-refractivity contribution in [2.45, 2.75) is 19.6 Å². The Kier molecular flexibility index (Phi) is 6.19. The lowest BCUT2D eigenvalue weighted by molar-refractivity contribution is 0.0691. The van der Waals surface area contributed by atoms with Gasteiger partial charge >= 0.3 is 12.1 Å². The third-order valence-electron chi connectivity index (χ3n) is 3.18. The number of carbonyl (C=O) groups is 2. The summed E-state index contributed by atoms with van der Waals surface area (Å²) in [5.74, 6) is -0.801. The van der Waals surface area contributed by atoms with Gasteiger partial charge in [0, 0.05) is 0 Å². The summed E-state index contributed by atoms with van der Waals surface area (Å²) in [7, 11) is 0. The molecule has 0 aromatic heterocycles. The molecule has 6 nitrogen and oxygen atoms in total. The molecule has 1 unspecified atom stereocenters. The average Bonchev–Trinajstić information content (AvgIpc) is 2.59. The number of ether oxygens (including phenoxy) is 2. The van der Waals surface area contributed by atoms with Gasteiger partial charge < -0.3 is 19.9 Å². The molecule has 2 aromatic rings. The SMILES string of the molecule is CC(COc1ccccc1C(=O)O)NC(=O)OCc1ccccc1. The van der Waals surface area contributed by atoms with Crippen molar-refractivity contribution < 1.29 is 24.2 Å². The predicted octanol–water partition coefficient (Wildman–Crippen LogP) is 3.08. The van der Waals surface area contributed by atoms with Gasteiger partial charge in [0.2, 0.25) is 0 Å². The van der Waals surface area contributed by atoms with Crippen molar-refractivity contribution in [1.82, 2.24) is 5.32 Å². The van der Waals surface area contributed by atoms with Crippen LogP contribution in [0.1, 0.15) is 22.8 Å². The van der Waals surface area contributed by atoms with Crippen LogP contribution in [0.2, 0.25) is 0 Å². The number of aromatic carboxylic acids is 1. The first-order chi connectivity index (χ1) is 11.6. The molecule has 2 N–H and O–H groups in total. The molecule has 6 heteroatoms. The molecule has 0 heterocycles. The fourth-order valence-corrected chi connectivity index (χ4v) is 1.99. The smallest absolute Gasteiger partial charge is 0.407 e. The summed E-state index contributed by atoms with van der Waals surface area (Å²) in [5.41, 5.74) is 0.975. The predicted molar refractivity (Wildman–Crippen MR) is 88.1 cm³/mol. The lowest BCUT2D eigenvalue weighted by atomic mass is 10.2. The number of alkyl carbamates (subject to hydrolysis) is 1. The molecule has 24 heavy (non-hydrogen) atoms. The molecule has 0 saturated heterocycles. The van der Waals surface area contributed by atoms with Gasteiger partial charge in [-0.15, -0.1) is 0 Å². The quantitative estimate of drug-likeness (QED) is 0.815. The Morgan fingerprint density at radius 2 is 1.75 bits per heavy atom. The van der Waals surface area contributed by atoms with Gasteiger partial charge in [0.05, 0.1) is 6.04 Å². The van der Waals surface area contributed by atoms with Crippen LogP contribution < -0.4 is 10.1 Å². The highest BCUT2D eigenvalue weighted by atomic mass is 16.5. The molecular weight excluding hydrogens is 310 g/mol. The average molecular weight is 329 g/mol. The molecule has 0 spiro atoms. The summed E-state index contributed by atoms with van der Waals surface area (Å²) in [6.07, 6.45) is -0.554. The van der Waals surface area contributed by atoms with Gasteiger partial charge in [-0.05, 0) is 24.6 Å².